The van der Waals surface area contributed by atoms with Gasteiger partial charge < -0.3 is 19.3 Å². The Kier molecular flexibility index (Phi) is 8.11. The summed E-state index contributed by atoms with van der Waals surface area (Å²) in [5.74, 6) is 0.382. The number of ether oxygens (including phenoxy) is 2. The molecule has 218 valence electrons. The highest BCUT2D eigenvalue weighted by Crippen LogP contribution is 2.34. The van der Waals surface area contributed by atoms with Gasteiger partial charge in [0, 0.05) is 49.2 Å². The average Bonchev–Trinajstić information content (AvgIpc) is 3.63. The highest BCUT2D eigenvalue weighted by atomic mass is 16.6. The van der Waals surface area contributed by atoms with Gasteiger partial charge in [0.15, 0.2) is 5.60 Å². The first kappa shape index (κ1) is 28.7. The van der Waals surface area contributed by atoms with E-state index in [1.54, 1.807) is 13.8 Å². The first-order valence-electron chi connectivity index (χ1n) is 14.6. The van der Waals surface area contributed by atoms with E-state index in [2.05, 4.69) is 44.3 Å². The zero-order chi connectivity index (χ0) is 29.2. The number of carbonyl (C=O) groups excluding carboxylic acids is 2. The number of hydrogen-bond donors (Lipinski definition) is 1. The molecular weight excluding hydrogens is 516 g/mol. The van der Waals surface area contributed by atoms with Gasteiger partial charge in [-0.05, 0) is 83.6 Å². The lowest BCUT2D eigenvalue weighted by Crippen LogP contribution is -2.45. The highest BCUT2D eigenvalue weighted by molar-refractivity contribution is 5.81. The Labute approximate surface area is 243 Å². The Bertz CT molecular complexity index is 1340. The predicted molar refractivity (Wildman–Crippen MR) is 160 cm³/mol. The van der Waals surface area contributed by atoms with E-state index in [1.807, 2.05) is 57.4 Å². The zero-order valence-corrected chi connectivity index (χ0v) is 24.9. The zero-order valence-electron chi connectivity index (χ0n) is 24.9. The number of H-pyrrole nitrogens is 1. The monoisotopic (exact) mass is 558 g/mol. The minimum Gasteiger partial charge on any atom is -0.476 e. The van der Waals surface area contributed by atoms with Gasteiger partial charge in [-0.25, -0.2) is 4.79 Å². The normalized spacial score (nSPS) is 17.7. The largest absolute Gasteiger partial charge is 0.476 e. The maximum atomic E-state index is 13.9. The van der Waals surface area contributed by atoms with E-state index in [0.29, 0.717) is 24.9 Å². The second-order valence-corrected chi connectivity index (χ2v) is 12.8. The smallest absolute Gasteiger partial charge is 0.350 e. The molecule has 2 fully saturated rings. The fourth-order valence-corrected chi connectivity index (χ4v) is 5.31. The molecule has 1 unspecified atom stereocenters. The minimum absolute atomic E-state index is 0.0580. The Morgan fingerprint density at radius 2 is 1.78 bits per heavy atom. The molecule has 8 nitrogen and oxygen atoms in total. The van der Waals surface area contributed by atoms with Crippen LogP contribution in [-0.4, -0.2) is 57.3 Å². The van der Waals surface area contributed by atoms with Gasteiger partial charge in [-0.15, -0.1) is 0 Å². The van der Waals surface area contributed by atoms with Gasteiger partial charge in [0.25, 0.3) is 0 Å². The number of nitrogens with zero attached hydrogens (tertiary/aromatic N) is 3. The molecule has 2 aliphatic rings. The van der Waals surface area contributed by atoms with E-state index < -0.39 is 17.2 Å². The van der Waals surface area contributed by atoms with Gasteiger partial charge in [0.05, 0.1) is 12.1 Å². The number of anilines is 1. The van der Waals surface area contributed by atoms with Crippen molar-refractivity contribution in [3.63, 3.8) is 0 Å². The summed E-state index contributed by atoms with van der Waals surface area (Å²) in [7, 11) is 0. The van der Waals surface area contributed by atoms with Crippen LogP contribution >= 0.6 is 0 Å². The topological polar surface area (TPSA) is 87.8 Å². The van der Waals surface area contributed by atoms with E-state index in [1.165, 1.54) is 0 Å². The molecule has 1 aromatic heterocycles. The maximum absolute atomic E-state index is 13.9. The van der Waals surface area contributed by atoms with Crippen LogP contribution in [0.25, 0.3) is 11.1 Å². The number of aromatic amines is 1. The Morgan fingerprint density at radius 1 is 1.02 bits per heavy atom. The van der Waals surface area contributed by atoms with Crippen LogP contribution in [0.15, 0.2) is 60.9 Å². The first-order valence-corrected chi connectivity index (χ1v) is 14.6. The van der Waals surface area contributed by atoms with Crippen molar-refractivity contribution in [3.05, 3.63) is 66.5 Å². The van der Waals surface area contributed by atoms with Crippen molar-refractivity contribution in [2.75, 3.05) is 18.0 Å². The number of piperidine rings is 1. The average molecular weight is 559 g/mol. The Morgan fingerprint density at radius 3 is 2.44 bits per heavy atom. The number of aromatic nitrogens is 2. The second kappa shape index (κ2) is 11.6. The highest BCUT2D eigenvalue weighted by Gasteiger charge is 2.38. The Hall–Kier alpha value is -3.81. The minimum atomic E-state index is -1.13. The summed E-state index contributed by atoms with van der Waals surface area (Å²) < 4.78 is 11.7. The van der Waals surface area contributed by atoms with E-state index in [4.69, 9.17) is 9.47 Å². The SMILES string of the molecule is CC(C)(C)OC(=O)C(C)(C)Oc1cccc(N2CCCC(C(=O)N(Cc3ccc(-c4cn[nH]c4)cc3)C3CC3)C2)c1. The van der Waals surface area contributed by atoms with Crippen LogP contribution in [0.5, 0.6) is 5.75 Å². The van der Waals surface area contributed by atoms with Crippen LogP contribution in [0.2, 0.25) is 0 Å². The number of rotatable bonds is 9. The first-order chi connectivity index (χ1) is 19.5. The van der Waals surface area contributed by atoms with Crippen molar-refractivity contribution in [2.45, 2.75) is 84.1 Å². The molecule has 1 saturated heterocycles. The molecule has 5 rings (SSSR count). The van der Waals surface area contributed by atoms with Crippen LogP contribution in [-0.2, 0) is 20.9 Å². The number of hydrogen-bond acceptors (Lipinski definition) is 6. The van der Waals surface area contributed by atoms with E-state index >= 15 is 0 Å². The van der Waals surface area contributed by atoms with Crippen LogP contribution in [0.4, 0.5) is 5.69 Å². The number of amides is 1. The summed E-state index contributed by atoms with van der Waals surface area (Å²) in [6.07, 6.45) is 7.67. The van der Waals surface area contributed by atoms with Gasteiger partial charge in [0.1, 0.15) is 11.4 Å². The van der Waals surface area contributed by atoms with Gasteiger partial charge in [0.2, 0.25) is 5.91 Å². The number of benzene rings is 2. The molecule has 8 heteroatoms. The van der Waals surface area contributed by atoms with Crippen molar-refractivity contribution >= 4 is 17.6 Å². The number of esters is 1. The molecule has 3 aromatic rings. The van der Waals surface area contributed by atoms with Gasteiger partial charge in [-0.3, -0.25) is 9.89 Å². The summed E-state index contributed by atoms with van der Waals surface area (Å²) in [6.45, 7) is 11.2. The molecule has 1 N–H and O–H groups in total. The molecule has 0 radical (unpaired) electrons. The summed E-state index contributed by atoms with van der Waals surface area (Å²) in [4.78, 5) is 30.9. The van der Waals surface area contributed by atoms with Gasteiger partial charge in [-0.1, -0.05) is 30.3 Å². The van der Waals surface area contributed by atoms with Crippen molar-refractivity contribution in [3.8, 4) is 16.9 Å². The molecular formula is C33H42N4O4. The summed E-state index contributed by atoms with van der Waals surface area (Å²) in [5, 5.41) is 6.89. The van der Waals surface area contributed by atoms with Crippen LogP contribution in [0.3, 0.4) is 0 Å². The lowest BCUT2D eigenvalue weighted by atomic mass is 9.95. The molecule has 2 aromatic carbocycles. The molecule has 1 aliphatic heterocycles. The van der Waals surface area contributed by atoms with Crippen molar-refractivity contribution < 1.29 is 19.1 Å². The Balaban J connectivity index is 1.24. The van der Waals surface area contributed by atoms with Crippen LogP contribution in [0, 0.1) is 5.92 Å². The fourth-order valence-electron chi connectivity index (χ4n) is 5.31. The molecule has 1 amide bonds. The predicted octanol–water partition coefficient (Wildman–Crippen LogP) is 5.98. The molecule has 0 spiro atoms. The number of nitrogens with one attached hydrogen (secondary N) is 1. The summed E-state index contributed by atoms with van der Waals surface area (Å²) in [6, 6.07) is 16.5. The van der Waals surface area contributed by atoms with Crippen LogP contribution in [0.1, 0.15) is 65.9 Å². The fraction of sp³-hybridized carbons (Fsp3) is 0.485. The van der Waals surface area contributed by atoms with Crippen molar-refractivity contribution in [1.82, 2.24) is 15.1 Å². The lowest BCUT2D eigenvalue weighted by molar-refractivity contribution is -0.170. The van der Waals surface area contributed by atoms with Crippen molar-refractivity contribution in [2.24, 2.45) is 5.92 Å². The quantitative estimate of drug-likeness (QED) is 0.325. The van der Waals surface area contributed by atoms with E-state index in [0.717, 1.165) is 54.6 Å². The van der Waals surface area contributed by atoms with Gasteiger partial charge in [-0.2, -0.15) is 5.10 Å². The molecule has 2 heterocycles. The lowest BCUT2D eigenvalue weighted by Gasteiger charge is -2.37. The third-order valence-corrected chi connectivity index (χ3v) is 7.63. The number of carbonyl (C=O) groups is 2. The second-order valence-electron chi connectivity index (χ2n) is 12.8. The molecule has 1 aliphatic carbocycles. The van der Waals surface area contributed by atoms with E-state index in [9.17, 15) is 9.59 Å². The molecule has 1 saturated carbocycles. The maximum Gasteiger partial charge on any atom is 0.350 e. The molecule has 1 atom stereocenters. The molecule has 41 heavy (non-hydrogen) atoms. The molecule has 0 bridgehead atoms. The third kappa shape index (κ3) is 7.29. The standard InChI is InChI=1S/C33H42N4O4/c1-32(2,3)41-31(39)33(4,5)40-29-10-6-9-28(18-29)36-17-7-8-25(22-36)30(38)37(27-15-16-27)21-23-11-13-24(14-12-23)26-19-34-35-20-26/h6,9-14,18-20,25,27H,7-8,15-17,21-22H2,1-5H3,(H,34,35). The third-order valence-electron chi connectivity index (χ3n) is 7.63. The van der Waals surface area contributed by atoms with E-state index in [-0.39, 0.29) is 11.8 Å². The van der Waals surface area contributed by atoms with Crippen molar-refractivity contribution in [1.29, 1.82) is 0 Å². The summed E-state index contributed by atoms with van der Waals surface area (Å²) >= 11 is 0. The van der Waals surface area contributed by atoms with Gasteiger partial charge >= 0.3 is 5.97 Å². The summed E-state index contributed by atoms with van der Waals surface area (Å²) in [5.41, 5.74) is 2.57. The van der Waals surface area contributed by atoms with Crippen LogP contribution < -0.4 is 9.64 Å².